The van der Waals surface area contributed by atoms with Crippen molar-refractivity contribution >= 4 is 0 Å². The highest BCUT2D eigenvalue weighted by atomic mass is 16.3. The van der Waals surface area contributed by atoms with Crippen molar-refractivity contribution in [3.05, 3.63) is 35.9 Å². The molecule has 2 unspecified atom stereocenters. The van der Waals surface area contributed by atoms with Gasteiger partial charge in [-0.3, -0.25) is 4.90 Å². The summed E-state index contributed by atoms with van der Waals surface area (Å²) in [6.45, 7) is 6.30. The molecule has 0 radical (unpaired) electrons. The summed E-state index contributed by atoms with van der Waals surface area (Å²) in [6, 6.07) is 11.1. The Morgan fingerprint density at radius 1 is 1.18 bits per heavy atom. The van der Waals surface area contributed by atoms with E-state index < -0.39 is 5.60 Å². The summed E-state index contributed by atoms with van der Waals surface area (Å²) in [7, 11) is 0. The van der Waals surface area contributed by atoms with Crippen LogP contribution in [0.2, 0.25) is 0 Å². The molecule has 1 saturated heterocycles. The zero-order valence-electron chi connectivity index (χ0n) is 10.9. The van der Waals surface area contributed by atoms with Crippen molar-refractivity contribution in [3.63, 3.8) is 0 Å². The first-order valence-corrected chi connectivity index (χ1v) is 6.60. The lowest BCUT2D eigenvalue weighted by Crippen LogP contribution is -2.30. The van der Waals surface area contributed by atoms with Crippen molar-refractivity contribution in [1.82, 2.24) is 4.90 Å². The summed E-state index contributed by atoms with van der Waals surface area (Å²) in [5.74, 6) is 0. The molecule has 0 spiro atoms. The molecule has 0 amide bonds. The molecule has 1 aliphatic heterocycles. The molecule has 2 nitrogen and oxygen atoms in total. The van der Waals surface area contributed by atoms with E-state index in [1.807, 2.05) is 6.92 Å². The van der Waals surface area contributed by atoms with Gasteiger partial charge >= 0.3 is 0 Å². The largest absolute Gasteiger partial charge is 0.390 e. The highest BCUT2D eigenvalue weighted by Crippen LogP contribution is 2.27. The Labute approximate surface area is 104 Å². The number of rotatable bonds is 2. The maximum atomic E-state index is 10.1. The van der Waals surface area contributed by atoms with Gasteiger partial charge in [-0.2, -0.15) is 0 Å². The van der Waals surface area contributed by atoms with Gasteiger partial charge in [-0.25, -0.2) is 0 Å². The molecule has 2 heteroatoms. The highest BCUT2D eigenvalue weighted by Gasteiger charge is 2.27. The van der Waals surface area contributed by atoms with Crippen molar-refractivity contribution < 1.29 is 5.11 Å². The van der Waals surface area contributed by atoms with Crippen LogP contribution in [0.5, 0.6) is 0 Å². The molecule has 1 aromatic rings. The third-order valence-electron chi connectivity index (χ3n) is 3.93. The SMILES string of the molecule is CC(c1ccccc1)N1CCCC(C)(O)CC1. The second-order valence-electron chi connectivity index (χ2n) is 5.47. The number of aliphatic hydroxyl groups is 1. The van der Waals surface area contributed by atoms with E-state index >= 15 is 0 Å². The van der Waals surface area contributed by atoms with Crippen molar-refractivity contribution in [2.75, 3.05) is 13.1 Å². The zero-order valence-corrected chi connectivity index (χ0v) is 10.9. The maximum absolute atomic E-state index is 10.1. The average Bonchev–Trinajstić information content (AvgIpc) is 2.50. The smallest absolute Gasteiger partial charge is 0.0632 e. The Balaban J connectivity index is 2.03. The van der Waals surface area contributed by atoms with E-state index in [2.05, 4.69) is 42.2 Å². The van der Waals surface area contributed by atoms with Crippen LogP contribution in [0.3, 0.4) is 0 Å². The number of nitrogens with zero attached hydrogens (tertiary/aromatic N) is 1. The fraction of sp³-hybridized carbons (Fsp3) is 0.600. The second-order valence-corrected chi connectivity index (χ2v) is 5.47. The lowest BCUT2D eigenvalue weighted by molar-refractivity contribution is 0.0433. The first kappa shape index (κ1) is 12.6. The predicted molar refractivity (Wildman–Crippen MR) is 70.9 cm³/mol. The number of benzene rings is 1. The standard InChI is InChI=1S/C15H23NO/c1-13(14-7-4-3-5-8-14)16-11-6-9-15(2,17)10-12-16/h3-5,7-8,13,17H,6,9-12H2,1-2H3. The molecule has 1 N–H and O–H groups in total. The average molecular weight is 233 g/mol. The Bertz CT molecular complexity index is 347. The molecule has 1 aromatic carbocycles. The Morgan fingerprint density at radius 3 is 2.59 bits per heavy atom. The van der Waals surface area contributed by atoms with Gasteiger partial charge in [-0.05, 0) is 45.2 Å². The van der Waals surface area contributed by atoms with Crippen LogP contribution in [-0.4, -0.2) is 28.7 Å². The van der Waals surface area contributed by atoms with Crippen LogP contribution < -0.4 is 0 Å². The summed E-state index contributed by atoms with van der Waals surface area (Å²) in [5, 5.41) is 10.1. The van der Waals surface area contributed by atoms with Gasteiger partial charge in [0.25, 0.3) is 0 Å². The molecule has 17 heavy (non-hydrogen) atoms. The predicted octanol–water partition coefficient (Wildman–Crippen LogP) is 2.98. The summed E-state index contributed by atoms with van der Waals surface area (Å²) in [4.78, 5) is 2.48. The molecule has 94 valence electrons. The summed E-state index contributed by atoms with van der Waals surface area (Å²) >= 11 is 0. The fourth-order valence-corrected chi connectivity index (χ4v) is 2.61. The molecular formula is C15H23NO. The monoisotopic (exact) mass is 233 g/mol. The molecule has 1 aliphatic rings. The van der Waals surface area contributed by atoms with Crippen LogP contribution in [0.15, 0.2) is 30.3 Å². The number of hydrogen-bond acceptors (Lipinski definition) is 2. The molecule has 0 aromatic heterocycles. The lowest BCUT2D eigenvalue weighted by Gasteiger charge is -2.28. The minimum atomic E-state index is -0.467. The third-order valence-corrected chi connectivity index (χ3v) is 3.93. The molecule has 0 saturated carbocycles. The minimum absolute atomic E-state index is 0.449. The number of hydrogen-bond donors (Lipinski definition) is 1. The molecule has 0 bridgehead atoms. The van der Waals surface area contributed by atoms with Crippen molar-refractivity contribution in [3.8, 4) is 0 Å². The first-order chi connectivity index (χ1) is 8.08. The summed E-state index contributed by atoms with van der Waals surface area (Å²) < 4.78 is 0. The van der Waals surface area contributed by atoms with E-state index in [1.165, 1.54) is 5.56 Å². The summed E-state index contributed by atoms with van der Waals surface area (Å²) in [5.41, 5.74) is 0.902. The van der Waals surface area contributed by atoms with Crippen molar-refractivity contribution in [2.45, 2.75) is 44.8 Å². The van der Waals surface area contributed by atoms with Crippen molar-refractivity contribution in [1.29, 1.82) is 0 Å². The van der Waals surface area contributed by atoms with Gasteiger partial charge in [0.1, 0.15) is 0 Å². The Morgan fingerprint density at radius 2 is 1.88 bits per heavy atom. The molecular weight excluding hydrogens is 210 g/mol. The second kappa shape index (κ2) is 5.19. The third kappa shape index (κ3) is 3.30. The van der Waals surface area contributed by atoms with Gasteiger partial charge in [-0.15, -0.1) is 0 Å². The quantitative estimate of drug-likeness (QED) is 0.849. The molecule has 1 fully saturated rings. The molecule has 2 atom stereocenters. The van der Waals surface area contributed by atoms with Gasteiger partial charge in [0.15, 0.2) is 0 Å². The van der Waals surface area contributed by atoms with Crippen LogP contribution in [0, 0.1) is 0 Å². The Kier molecular flexibility index (Phi) is 3.85. The number of likely N-dealkylation sites (tertiary alicyclic amines) is 1. The minimum Gasteiger partial charge on any atom is -0.390 e. The van der Waals surface area contributed by atoms with Gasteiger partial charge in [0.05, 0.1) is 5.60 Å². The summed E-state index contributed by atoms with van der Waals surface area (Å²) in [6.07, 6.45) is 2.89. The first-order valence-electron chi connectivity index (χ1n) is 6.60. The van der Waals surface area contributed by atoms with Gasteiger partial charge in [0.2, 0.25) is 0 Å². The lowest BCUT2D eigenvalue weighted by atomic mass is 9.98. The van der Waals surface area contributed by atoms with Crippen LogP contribution in [0.1, 0.15) is 44.7 Å². The normalized spacial score (nSPS) is 28.6. The van der Waals surface area contributed by atoms with E-state index in [4.69, 9.17) is 0 Å². The fourth-order valence-electron chi connectivity index (χ4n) is 2.61. The van der Waals surface area contributed by atoms with Crippen molar-refractivity contribution in [2.24, 2.45) is 0 Å². The van der Waals surface area contributed by atoms with Crippen LogP contribution >= 0.6 is 0 Å². The topological polar surface area (TPSA) is 23.5 Å². The molecule has 1 heterocycles. The maximum Gasteiger partial charge on any atom is 0.0632 e. The van der Waals surface area contributed by atoms with Gasteiger partial charge < -0.3 is 5.11 Å². The van der Waals surface area contributed by atoms with E-state index in [-0.39, 0.29) is 0 Å². The van der Waals surface area contributed by atoms with E-state index in [1.54, 1.807) is 0 Å². The molecule has 2 rings (SSSR count). The van der Waals surface area contributed by atoms with E-state index in [0.29, 0.717) is 6.04 Å². The van der Waals surface area contributed by atoms with Gasteiger partial charge in [0, 0.05) is 12.6 Å². The van der Waals surface area contributed by atoms with Crippen LogP contribution in [0.25, 0.3) is 0 Å². The van der Waals surface area contributed by atoms with E-state index in [9.17, 15) is 5.11 Å². The Hall–Kier alpha value is -0.860. The van der Waals surface area contributed by atoms with Crippen LogP contribution in [-0.2, 0) is 0 Å². The van der Waals surface area contributed by atoms with Crippen LogP contribution in [0.4, 0.5) is 0 Å². The molecule has 0 aliphatic carbocycles. The van der Waals surface area contributed by atoms with E-state index in [0.717, 1.165) is 32.4 Å². The highest BCUT2D eigenvalue weighted by molar-refractivity contribution is 5.18. The zero-order chi connectivity index (χ0) is 12.3. The van der Waals surface area contributed by atoms with Gasteiger partial charge in [-0.1, -0.05) is 30.3 Å².